The van der Waals surface area contributed by atoms with Crippen LogP contribution in [-0.2, 0) is 11.2 Å². The van der Waals surface area contributed by atoms with Gasteiger partial charge in [0.2, 0.25) is 5.91 Å². The Labute approximate surface area is 150 Å². The van der Waals surface area contributed by atoms with Crippen molar-refractivity contribution in [1.29, 1.82) is 0 Å². The van der Waals surface area contributed by atoms with Gasteiger partial charge in [0, 0.05) is 37.3 Å². The van der Waals surface area contributed by atoms with Gasteiger partial charge in [0.25, 0.3) is 0 Å². The van der Waals surface area contributed by atoms with Gasteiger partial charge in [-0.1, -0.05) is 17.7 Å². The summed E-state index contributed by atoms with van der Waals surface area (Å²) in [7, 11) is 1.62. The third-order valence-corrected chi connectivity index (χ3v) is 4.18. The zero-order chi connectivity index (χ0) is 18.6. The molecule has 138 valence electrons. The minimum atomic E-state index is -0.258. The second-order valence-electron chi connectivity index (χ2n) is 7.54. The zero-order valence-corrected chi connectivity index (χ0v) is 15.9. The van der Waals surface area contributed by atoms with Crippen LogP contribution >= 0.6 is 0 Å². The largest absolute Gasteiger partial charge is 0.496 e. The van der Waals surface area contributed by atoms with Gasteiger partial charge in [-0.3, -0.25) is 4.79 Å². The van der Waals surface area contributed by atoms with Crippen molar-refractivity contribution >= 4 is 11.9 Å². The van der Waals surface area contributed by atoms with Crippen LogP contribution in [0.3, 0.4) is 0 Å². The fraction of sp³-hybridized carbons (Fsp3) is 0.579. The highest BCUT2D eigenvalue weighted by molar-refractivity contribution is 5.80. The lowest BCUT2D eigenvalue weighted by Crippen LogP contribution is -2.56. The molecular formula is C19H29N3O3. The lowest BCUT2D eigenvalue weighted by molar-refractivity contribution is -0.131. The fourth-order valence-electron chi connectivity index (χ4n) is 2.88. The van der Waals surface area contributed by atoms with Crippen molar-refractivity contribution in [2.75, 3.05) is 33.3 Å². The minimum absolute atomic E-state index is 0.0692. The van der Waals surface area contributed by atoms with Crippen LogP contribution in [0.2, 0.25) is 0 Å². The predicted molar refractivity (Wildman–Crippen MR) is 97.9 cm³/mol. The number of aryl methyl sites for hydroxylation is 1. The molecule has 0 saturated carbocycles. The van der Waals surface area contributed by atoms with Crippen molar-refractivity contribution in [2.45, 2.75) is 39.7 Å². The Kier molecular flexibility index (Phi) is 5.93. The number of ether oxygens (including phenoxy) is 1. The molecule has 0 aliphatic carbocycles. The molecule has 0 spiro atoms. The summed E-state index contributed by atoms with van der Waals surface area (Å²) in [4.78, 5) is 28.4. The van der Waals surface area contributed by atoms with Gasteiger partial charge < -0.3 is 19.9 Å². The standard InChI is InChI=1S/C19H29N3O3/c1-14-6-7-16(25-5)15(12-14)13-17(23)21-8-10-22(11-9-21)18(24)20-19(2,3)4/h6-7,12H,8-11,13H2,1-5H3,(H,20,24). The fourth-order valence-corrected chi connectivity index (χ4v) is 2.88. The SMILES string of the molecule is COc1ccc(C)cc1CC(=O)N1CCN(C(=O)NC(C)(C)C)CC1. The molecule has 6 nitrogen and oxygen atoms in total. The highest BCUT2D eigenvalue weighted by Gasteiger charge is 2.26. The van der Waals surface area contributed by atoms with Gasteiger partial charge in [-0.25, -0.2) is 4.79 Å². The molecule has 0 atom stereocenters. The highest BCUT2D eigenvalue weighted by atomic mass is 16.5. The Morgan fingerprint density at radius 2 is 1.72 bits per heavy atom. The lowest BCUT2D eigenvalue weighted by Gasteiger charge is -2.36. The van der Waals surface area contributed by atoms with Gasteiger partial charge in [-0.15, -0.1) is 0 Å². The minimum Gasteiger partial charge on any atom is -0.496 e. The quantitative estimate of drug-likeness (QED) is 0.912. The molecule has 3 amide bonds. The molecule has 1 aliphatic rings. The molecule has 25 heavy (non-hydrogen) atoms. The molecule has 2 rings (SSSR count). The van der Waals surface area contributed by atoms with E-state index in [0.29, 0.717) is 32.6 Å². The summed E-state index contributed by atoms with van der Waals surface area (Å²) in [6.07, 6.45) is 0.318. The summed E-state index contributed by atoms with van der Waals surface area (Å²) in [5.74, 6) is 0.807. The lowest BCUT2D eigenvalue weighted by atomic mass is 10.1. The number of methoxy groups -OCH3 is 1. The number of hydrogen-bond acceptors (Lipinski definition) is 3. The van der Waals surface area contributed by atoms with E-state index in [4.69, 9.17) is 4.74 Å². The third-order valence-electron chi connectivity index (χ3n) is 4.18. The van der Waals surface area contributed by atoms with Crippen molar-refractivity contribution in [2.24, 2.45) is 0 Å². The van der Waals surface area contributed by atoms with Crippen LogP contribution in [0.15, 0.2) is 18.2 Å². The van der Waals surface area contributed by atoms with Crippen LogP contribution in [0.4, 0.5) is 4.79 Å². The second kappa shape index (κ2) is 7.76. The van der Waals surface area contributed by atoms with E-state index in [0.717, 1.165) is 16.9 Å². The molecule has 1 aromatic rings. The maximum atomic E-state index is 12.6. The first-order chi connectivity index (χ1) is 11.7. The number of urea groups is 1. The number of hydrogen-bond donors (Lipinski definition) is 1. The van der Waals surface area contributed by atoms with E-state index in [2.05, 4.69) is 5.32 Å². The molecule has 0 unspecified atom stereocenters. The number of carbonyl (C=O) groups is 2. The number of piperazine rings is 1. The number of nitrogens with zero attached hydrogens (tertiary/aromatic N) is 2. The topological polar surface area (TPSA) is 61.9 Å². The van der Waals surface area contributed by atoms with Crippen LogP contribution in [0.1, 0.15) is 31.9 Å². The Morgan fingerprint density at radius 1 is 1.12 bits per heavy atom. The second-order valence-corrected chi connectivity index (χ2v) is 7.54. The molecule has 1 saturated heterocycles. The van der Waals surface area contributed by atoms with E-state index < -0.39 is 0 Å². The summed E-state index contributed by atoms with van der Waals surface area (Å²) < 4.78 is 5.35. The van der Waals surface area contributed by atoms with Gasteiger partial charge in [-0.05, 0) is 33.8 Å². The van der Waals surface area contributed by atoms with Crippen LogP contribution in [0.5, 0.6) is 5.75 Å². The number of rotatable bonds is 3. The highest BCUT2D eigenvalue weighted by Crippen LogP contribution is 2.21. The first kappa shape index (κ1) is 19.1. The molecule has 1 aliphatic heterocycles. The smallest absolute Gasteiger partial charge is 0.317 e. The first-order valence-corrected chi connectivity index (χ1v) is 8.68. The molecule has 0 bridgehead atoms. The van der Waals surface area contributed by atoms with E-state index in [1.807, 2.05) is 50.8 Å². The van der Waals surface area contributed by atoms with E-state index in [1.165, 1.54) is 0 Å². The molecule has 1 aromatic carbocycles. The summed E-state index contributed by atoms with van der Waals surface area (Å²) >= 11 is 0. The Balaban J connectivity index is 1.91. The van der Waals surface area contributed by atoms with Crippen LogP contribution in [-0.4, -0.2) is 60.6 Å². The average Bonchev–Trinajstić information content (AvgIpc) is 2.53. The molecule has 1 heterocycles. The van der Waals surface area contributed by atoms with Gasteiger partial charge in [0.05, 0.1) is 13.5 Å². The predicted octanol–water partition coefficient (Wildman–Crippen LogP) is 2.20. The van der Waals surface area contributed by atoms with Crippen molar-refractivity contribution in [3.8, 4) is 5.75 Å². The monoisotopic (exact) mass is 347 g/mol. The Morgan fingerprint density at radius 3 is 2.28 bits per heavy atom. The van der Waals surface area contributed by atoms with Crippen molar-refractivity contribution < 1.29 is 14.3 Å². The summed E-state index contributed by atoms with van der Waals surface area (Å²) in [6, 6.07) is 5.79. The van der Waals surface area contributed by atoms with E-state index >= 15 is 0 Å². The molecule has 6 heteroatoms. The van der Waals surface area contributed by atoms with Crippen LogP contribution in [0, 0.1) is 6.92 Å². The Hall–Kier alpha value is -2.24. The molecule has 0 aromatic heterocycles. The zero-order valence-electron chi connectivity index (χ0n) is 15.9. The maximum absolute atomic E-state index is 12.6. The molecule has 1 N–H and O–H groups in total. The summed E-state index contributed by atoms with van der Waals surface area (Å²) in [5.41, 5.74) is 1.75. The van der Waals surface area contributed by atoms with Crippen LogP contribution in [0.25, 0.3) is 0 Å². The van der Waals surface area contributed by atoms with Crippen molar-refractivity contribution in [1.82, 2.24) is 15.1 Å². The van der Waals surface area contributed by atoms with E-state index in [1.54, 1.807) is 12.0 Å². The van der Waals surface area contributed by atoms with Crippen LogP contribution < -0.4 is 10.1 Å². The Bertz CT molecular complexity index is 629. The number of amides is 3. The molecule has 1 fully saturated rings. The van der Waals surface area contributed by atoms with Crippen molar-refractivity contribution in [3.05, 3.63) is 29.3 Å². The van der Waals surface area contributed by atoms with E-state index in [-0.39, 0.29) is 17.5 Å². The number of benzene rings is 1. The third kappa shape index (κ3) is 5.37. The normalized spacial score (nSPS) is 15.1. The average molecular weight is 347 g/mol. The summed E-state index contributed by atoms with van der Waals surface area (Å²) in [6.45, 7) is 10.1. The maximum Gasteiger partial charge on any atom is 0.317 e. The van der Waals surface area contributed by atoms with Crippen molar-refractivity contribution in [3.63, 3.8) is 0 Å². The van der Waals surface area contributed by atoms with Gasteiger partial charge in [0.15, 0.2) is 0 Å². The number of carbonyl (C=O) groups excluding carboxylic acids is 2. The van der Waals surface area contributed by atoms with E-state index in [9.17, 15) is 9.59 Å². The van der Waals surface area contributed by atoms with Gasteiger partial charge in [0.1, 0.15) is 5.75 Å². The first-order valence-electron chi connectivity index (χ1n) is 8.68. The summed E-state index contributed by atoms with van der Waals surface area (Å²) in [5, 5.41) is 2.96. The number of nitrogens with one attached hydrogen (secondary N) is 1. The molecular weight excluding hydrogens is 318 g/mol. The molecule has 0 radical (unpaired) electrons. The van der Waals surface area contributed by atoms with Gasteiger partial charge in [-0.2, -0.15) is 0 Å². The van der Waals surface area contributed by atoms with Gasteiger partial charge >= 0.3 is 6.03 Å².